The number of ether oxygens (including phenoxy) is 1. The van der Waals surface area contributed by atoms with Crippen LogP contribution in [0.25, 0.3) is 0 Å². The lowest BCUT2D eigenvalue weighted by Crippen LogP contribution is -2.25. The predicted octanol–water partition coefficient (Wildman–Crippen LogP) is 1.12. The quantitative estimate of drug-likeness (QED) is 0.793. The van der Waals surface area contributed by atoms with Crippen LogP contribution in [-0.2, 0) is 11.2 Å². The molecular formula is C12H13NO3S2. The van der Waals surface area contributed by atoms with Crippen molar-refractivity contribution in [1.29, 1.82) is 0 Å². The molecule has 1 atom stereocenters. The van der Waals surface area contributed by atoms with Crippen LogP contribution in [0.1, 0.15) is 5.56 Å². The summed E-state index contributed by atoms with van der Waals surface area (Å²) in [5.74, 6) is 0.692. The van der Waals surface area contributed by atoms with E-state index in [4.69, 9.17) is 22.1 Å². The molecule has 2 rings (SSSR count). The molecule has 18 heavy (non-hydrogen) atoms. The number of aliphatic hydroxyl groups excluding tert-OH is 1. The third-order valence-corrected chi connectivity index (χ3v) is 3.84. The fourth-order valence-electron chi connectivity index (χ4n) is 1.63. The van der Waals surface area contributed by atoms with Gasteiger partial charge in [-0.25, -0.2) is 0 Å². The molecule has 2 N–H and O–H groups in total. The van der Waals surface area contributed by atoms with Crippen molar-refractivity contribution in [3.05, 3.63) is 29.8 Å². The molecule has 1 aromatic rings. The Kier molecular flexibility index (Phi) is 4.57. The molecule has 1 aliphatic rings. The molecule has 0 spiro atoms. The van der Waals surface area contributed by atoms with E-state index >= 15 is 0 Å². The third kappa shape index (κ3) is 3.44. The highest BCUT2D eigenvalue weighted by Gasteiger charge is 2.28. The molecule has 4 nitrogen and oxygen atoms in total. The Balaban J connectivity index is 1.94. The van der Waals surface area contributed by atoms with Crippen molar-refractivity contribution in [1.82, 2.24) is 5.32 Å². The van der Waals surface area contributed by atoms with Crippen LogP contribution in [0.5, 0.6) is 5.75 Å². The maximum Gasteiger partial charge on any atom is 0.239 e. The van der Waals surface area contributed by atoms with Gasteiger partial charge >= 0.3 is 0 Å². The van der Waals surface area contributed by atoms with Crippen molar-refractivity contribution in [3.63, 3.8) is 0 Å². The standard InChI is InChI=1S/C12H13NO3S2/c14-5-6-16-9-3-1-8(2-4-9)7-10-11(15)13-12(17)18-10/h1-4,10,14H,5-7H2,(H,13,15,17). The maximum absolute atomic E-state index is 11.5. The molecule has 1 unspecified atom stereocenters. The second kappa shape index (κ2) is 6.17. The summed E-state index contributed by atoms with van der Waals surface area (Å²) in [5, 5.41) is 11.1. The molecule has 1 aromatic carbocycles. The lowest BCUT2D eigenvalue weighted by atomic mass is 10.1. The number of thioether (sulfide) groups is 1. The minimum atomic E-state index is -0.137. The van der Waals surface area contributed by atoms with Crippen molar-refractivity contribution >= 4 is 34.2 Å². The molecule has 0 bridgehead atoms. The Morgan fingerprint density at radius 1 is 1.39 bits per heavy atom. The molecule has 0 aliphatic carbocycles. The maximum atomic E-state index is 11.5. The molecule has 96 valence electrons. The molecule has 0 saturated carbocycles. The van der Waals surface area contributed by atoms with Crippen molar-refractivity contribution < 1.29 is 14.6 Å². The number of nitrogens with one attached hydrogen (secondary N) is 1. The monoisotopic (exact) mass is 283 g/mol. The SMILES string of the molecule is O=C1NC(=S)SC1Cc1ccc(OCCO)cc1. The summed E-state index contributed by atoms with van der Waals surface area (Å²) < 4.78 is 5.81. The van der Waals surface area contributed by atoms with Crippen LogP contribution < -0.4 is 10.1 Å². The largest absolute Gasteiger partial charge is 0.491 e. The summed E-state index contributed by atoms with van der Waals surface area (Å²) in [6.45, 7) is 0.284. The fourth-order valence-corrected chi connectivity index (χ4v) is 2.94. The average molecular weight is 283 g/mol. The number of aliphatic hydroxyl groups is 1. The number of hydrogen-bond donors (Lipinski definition) is 2. The Morgan fingerprint density at radius 2 is 2.11 bits per heavy atom. The number of carbonyl (C=O) groups excluding carboxylic acids is 1. The van der Waals surface area contributed by atoms with E-state index in [1.54, 1.807) is 0 Å². The zero-order chi connectivity index (χ0) is 13.0. The Labute approximate surface area is 115 Å². The Morgan fingerprint density at radius 3 is 2.67 bits per heavy atom. The molecular weight excluding hydrogens is 270 g/mol. The van der Waals surface area contributed by atoms with Gasteiger partial charge in [0.1, 0.15) is 16.7 Å². The van der Waals surface area contributed by atoms with Crippen LogP contribution in [0.15, 0.2) is 24.3 Å². The van der Waals surface area contributed by atoms with E-state index in [-0.39, 0.29) is 24.4 Å². The van der Waals surface area contributed by atoms with E-state index in [9.17, 15) is 4.79 Å². The zero-order valence-corrected chi connectivity index (χ0v) is 11.2. The lowest BCUT2D eigenvalue weighted by molar-refractivity contribution is -0.118. The van der Waals surface area contributed by atoms with Crippen LogP contribution in [-0.4, -0.2) is 33.8 Å². The lowest BCUT2D eigenvalue weighted by Gasteiger charge is -2.07. The topological polar surface area (TPSA) is 58.6 Å². The number of carbonyl (C=O) groups is 1. The first-order valence-corrected chi connectivity index (χ1v) is 6.82. The van der Waals surface area contributed by atoms with Gasteiger partial charge in [0, 0.05) is 0 Å². The van der Waals surface area contributed by atoms with Gasteiger partial charge in [0.25, 0.3) is 0 Å². The number of thiocarbonyl (C=S) groups is 1. The normalized spacial score (nSPS) is 18.8. The fraction of sp³-hybridized carbons (Fsp3) is 0.333. The summed E-state index contributed by atoms with van der Waals surface area (Å²) >= 11 is 6.34. The molecule has 1 aliphatic heterocycles. The van der Waals surface area contributed by atoms with Gasteiger partial charge in [-0.15, -0.1) is 0 Å². The van der Waals surface area contributed by atoms with E-state index in [2.05, 4.69) is 5.32 Å². The number of hydrogen-bond acceptors (Lipinski definition) is 5. The van der Waals surface area contributed by atoms with Crippen LogP contribution in [0, 0.1) is 0 Å². The van der Waals surface area contributed by atoms with Gasteiger partial charge in [-0.05, 0) is 24.1 Å². The van der Waals surface area contributed by atoms with E-state index in [0.717, 1.165) is 5.56 Å². The molecule has 0 radical (unpaired) electrons. The Hall–Kier alpha value is -1.11. The van der Waals surface area contributed by atoms with Crippen LogP contribution in [0.4, 0.5) is 0 Å². The van der Waals surface area contributed by atoms with Crippen molar-refractivity contribution in [2.75, 3.05) is 13.2 Å². The predicted molar refractivity (Wildman–Crippen MR) is 74.8 cm³/mol. The first-order chi connectivity index (χ1) is 8.69. The average Bonchev–Trinajstić information content (AvgIpc) is 2.67. The van der Waals surface area contributed by atoms with E-state index in [1.165, 1.54) is 11.8 Å². The van der Waals surface area contributed by atoms with Crippen molar-refractivity contribution in [3.8, 4) is 5.75 Å². The molecule has 1 fully saturated rings. The molecule has 1 amide bonds. The van der Waals surface area contributed by atoms with Gasteiger partial charge in [0.15, 0.2) is 0 Å². The summed E-state index contributed by atoms with van der Waals surface area (Å²) in [6.07, 6.45) is 0.650. The molecule has 6 heteroatoms. The molecule has 1 saturated heterocycles. The minimum absolute atomic E-state index is 0.00190. The van der Waals surface area contributed by atoms with Crippen LogP contribution in [0.2, 0.25) is 0 Å². The minimum Gasteiger partial charge on any atom is -0.491 e. The number of amides is 1. The van der Waals surface area contributed by atoms with Gasteiger partial charge in [0.05, 0.1) is 11.9 Å². The summed E-state index contributed by atoms with van der Waals surface area (Å²) in [7, 11) is 0. The third-order valence-electron chi connectivity index (χ3n) is 2.47. The summed E-state index contributed by atoms with van der Waals surface area (Å²) in [4.78, 5) is 11.5. The highest BCUT2D eigenvalue weighted by molar-refractivity contribution is 8.24. The zero-order valence-electron chi connectivity index (χ0n) is 9.59. The second-order valence-electron chi connectivity index (χ2n) is 3.80. The first-order valence-electron chi connectivity index (χ1n) is 5.53. The van der Waals surface area contributed by atoms with Crippen LogP contribution >= 0.6 is 24.0 Å². The Bertz CT molecular complexity index is 447. The van der Waals surface area contributed by atoms with Gasteiger partial charge in [-0.1, -0.05) is 36.1 Å². The first kappa shape index (κ1) is 13.3. The molecule has 1 heterocycles. The van der Waals surface area contributed by atoms with Crippen LogP contribution in [0.3, 0.4) is 0 Å². The summed E-state index contributed by atoms with van der Waals surface area (Å²) in [5.41, 5.74) is 1.06. The van der Waals surface area contributed by atoms with Gasteiger partial charge < -0.3 is 15.2 Å². The van der Waals surface area contributed by atoms with Crippen molar-refractivity contribution in [2.45, 2.75) is 11.7 Å². The van der Waals surface area contributed by atoms with Gasteiger partial charge in [-0.2, -0.15) is 0 Å². The highest BCUT2D eigenvalue weighted by atomic mass is 32.2. The number of rotatable bonds is 5. The van der Waals surface area contributed by atoms with E-state index in [1.807, 2.05) is 24.3 Å². The highest BCUT2D eigenvalue weighted by Crippen LogP contribution is 2.24. The molecule has 0 aromatic heterocycles. The van der Waals surface area contributed by atoms with Gasteiger partial charge in [0.2, 0.25) is 5.91 Å². The summed E-state index contributed by atoms with van der Waals surface area (Å²) in [6, 6.07) is 7.51. The van der Waals surface area contributed by atoms with Gasteiger partial charge in [-0.3, -0.25) is 4.79 Å². The van der Waals surface area contributed by atoms with Crippen molar-refractivity contribution in [2.24, 2.45) is 0 Å². The number of benzene rings is 1. The van der Waals surface area contributed by atoms with E-state index in [0.29, 0.717) is 16.5 Å². The second-order valence-corrected chi connectivity index (χ2v) is 5.68. The van der Waals surface area contributed by atoms with E-state index < -0.39 is 0 Å². The smallest absolute Gasteiger partial charge is 0.239 e.